The van der Waals surface area contributed by atoms with Crippen LogP contribution in [0.25, 0.3) is 0 Å². The van der Waals surface area contributed by atoms with Crippen molar-refractivity contribution in [3.8, 4) is 17.2 Å². The highest BCUT2D eigenvalue weighted by molar-refractivity contribution is 9.10. The summed E-state index contributed by atoms with van der Waals surface area (Å²) in [5.41, 5.74) is 9.83. The second-order valence-electron chi connectivity index (χ2n) is 11.8. The van der Waals surface area contributed by atoms with Crippen molar-refractivity contribution >= 4 is 45.4 Å². The van der Waals surface area contributed by atoms with Gasteiger partial charge in [0.2, 0.25) is 5.91 Å². The Morgan fingerprint density at radius 1 is 0.980 bits per heavy atom. The lowest BCUT2D eigenvalue weighted by Crippen LogP contribution is -2.40. The van der Waals surface area contributed by atoms with E-state index < -0.39 is 5.91 Å². The fourth-order valence-corrected chi connectivity index (χ4v) is 6.75. The van der Waals surface area contributed by atoms with Crippen LogP contribution < -0.4 is 24.5 Å². The topological polar surface area (TPSA) is 105 Å². The van der Waals surface area contributed by atoms with Gasteiger partial charge in [-0.2, -0.15) is 5.10 Å². The first-order valence-corrected chi connectivity index (χ1v) is 16.8. The normalized spacial score (nSPS) is 16.0. The number of ether oxygens (including phenoxy) is 3. The van der Waals surface area contributed by atoms with Crippen LogP contribution >= 0.6 is 15.9 Å². The summed E-state index contributed by atoms with van der Waals surface area (Å²) in [5.74, 6) is 1.53. The Balaban J connectivity index is 1.15. The van der Waals surface area contributed by atoms with Crippen molar-refractivity contribution in [2.45, 2.75) is 25.9 Å². The van der Waals surface area contributed by atoms with Gasteiger partial charge in [-0.15, -0.1) is 0 Å². The number of nitrogens with one attached hydrogen (secondary N) is 1. The third-order valence-corrected chi connectivity index (χ3v) is 9.41. The number of benzodiazepines with no additional fused rings is 1. The molecule has 11 heteroatoms. The van der Waals surface area contributed by atoms with E-state index in [0.717, 1.165) is 56.9 Å². The van der Waals surface area contributed by atoms with E-state index in [4.69, 9.17) is 14.2 Å². The summed E-state index contributed by atoms with van der Waals surface area (Å²) >= 11 is 3.54. The van der Waals surface area contributed by atoms with Crippen LogP contribution in [0, 0.1) is 0 Å². The number of amides is 2. The second-order valence-corrected chi connectivity index (χ2v) is 12.8. The molecule has 2 aliphatic heterocycles. The molecule has 0 unspecified atom stereocenters. The van der Waals surface area contributed by atoms with Crippen molar-refractivity contribution in [1.29, 1.82) is 0 Å². The van der Waals surface area contributed by atoms with Crippen molar-refractivity contribution in [2.24, 2.45) is 10.1 Å². The van der Waals surface area contributed by atoms with Gasteiger partial charge in [0, 0.05) is 40.3 Å². The lowest BCUT2D eigenvalue weighted by atomic mass is 9.92. The molecule has 1 atom stereocenters. The minimum atomic E-state index is -0.428. The Kier molecular flexibility index (Phi) is 10.4. The summed E-state index contributed by atoms with van der Waals surface area (Å²) in [5, 5.41) is 4.23. The first-order chi connectivity index (χ1) is 23.8. The molecule has 0 spiro atoms. The Hall–Kier alpha value is -5.00. The van der Waals surface area contributed by atoms with E-state index in [1.165, 1.54) is 16.0 Å². The van der Waals surface area contributed by atoms with Crippen molar-refractivity contribution in [3.63, 3.8) is 0 Å². The number of fused-ring (bicyclic) bond motifs is 2. The number of nitrogens with zero attached hydrogens (tertiary/aromatic N) is 4. The molecule has 49 heavy (non-hydrogen) atoms. The predicted octanol–water partition coefficient (Wildman–Crippen LogP) is 5.93. The second kappa shape index (κ2) is 15.0. The number of carbonyl (C=O) groups is 2. The summed E-state index contributed by atoms with van der Waals surface area (Å²) in [7, 11) is 4.97. The SMILES string of the molecule is COc1ccc(/C=N\NC(=O)CN2C(=O)CN=C(c3ccccc3)c3cc(Br)ccc32)cc1CN1CCc2cc(OC)c(OC)cc2[C@H]1C. The van der Waals surface area contributed by atoms with Gasteiger partial charge < -0.3 is 19.1 Å². The summed E-state index contributed by atoms with van der Waals surface area (Å²) in [6, 6.07) is 25.4. The van der Waals surface area contributed by atoms with Crippen molar-refractivity contribution in [3.05, 3.63) is 117 Å². The van der Waals surface area contributed by atoms with Gasteiger partial charge in [-0.05, 0) is 78.6 Å². The summed E-state index contributed by atoms with van der Waals surface area (Å²) in [6.07, 6.45) is 2.48. The van der Waals surface area contributed by atoms with Crippen LogP contribution in [-0.2, 0) is 22.6 Å². The summed E-state index contributed by atoms with van der Waals surface area (Å²) in [6.45, 7) is 3.43. The predicted molar refractivity (Wildman–Crippen MR) is 194 cm³/mol. The Morgan fingerprint density at radius 3 is 2.49 bits per heavy atom. The highest BCUT2D eigenvalue weighted by Gasteiger charge is 2.28. The number of benzene rings is 4. The van der Waals surface area contributed by atoms with Crippen LogP contribution in [0.5, 0.6) is 17.2 Å². The molecule has 252 valence electrons. The lowest BCUT2D eigenvalue weighted by Gasteiger charge is -2.36. The fraction of sp³-hybridized carbons (Fsp3) is 0.263. The van der Waals surface area contributed by atoms with Crippen LogP contribution in [0.15, 0.2) is 93.4 Å². The van der Waals surface area contributed by atoms with Crippen LogP contribution in [0.4, 0.5) is 5.69 Å². The van der Waals surface area contributed by atoms with Crippen LogP contribution in [0.3, 0.4) is 0 Å². The van der Waals surface area contributed by atoms with E-state index in [1.54, 1.807) is 27.5 Å². The molecular formula is C38H38BrN5O5. The monoisotopic (exact) mass is 723 g/mol. The van der Waals surface area contributed by atoms with Crippen molar-refractivity contribution < 1.29 is 23.8 Å². The van der Waals surface area contributed by atoms with Gasteiger partial charge in [-0.3, -0.25) is 19.5 Å². The molecule has 0 saturated carbocycles. The number of rotatable bonds is 10. The summed E-state index contributed by atoms with van der Waals surface area (Å²) < 4.78 is 17.6. The minimum absolute atomic E-state index is 0.0787. The molecule has 10 nitrogen and oxygen atoms in total. The Labute approximate surface area is 294 Å². The average molecular weight is 725 g/mol. The molecule has 4 aromatic carbocycles. The highest BCUT2D eigenvalue weighted by Crippen LogP contribution is 2.39. The molecule has 0 radical (unpaired) electrons. The van der Waals surface area contributed by atoms with Gasteiger partial charge in [0.1, 0.15) is 18.8 Å². The third-order valence-electron chi connectivity index (χ3n) is 8.92. The van der Waals surface area contributed by atoms with Gasteiger partial charge in [0.25, 0.3) is 5.91 Å². The van der Waals surface area contributed by atoms with E-state index in [-0.39, 0.29) is 25.0 Å². The number of carbonyl (C=O) groups excluding carboxylic acids is 2. The molecule has 4 aromatic rings. The maximum atomic E-state index is 13.2. The molecule has 2 heterocycles. The largest absolute Gasteiger partial charge is 0.496 e. The maximum absolute atomic E-state index is 13.2. The molecule has 1 N–H and O–H groups in total. The fourth-order valence-electron chi connectivity index (χ4n) is 6.39. The molecule has 6 rings (SSSR count). The molecule has 0 bridgehead atoms. The number of aliphatic imine (C=N–C) groups is 1. The zero-order chi connectivity index (χ0) is 34.5. The van der Waals surface area contributed by atoms with Gasteiger partial charge >= 0.3 is 0 Å². The number of halogens is 1. The van der Waals surface area contributed by atoms with E-state index >= 15 is 0 Å². The van der Waals surface area contributed by atoms with Crippen LogP contribution in [0.1, 0.15) is 46.3 Å². The number of hydrogen-bond donors (Lipinski definition) is 1. The smallest absolute Gasteiger partial charge is 0.260 e. The van der Waals surface area contributed by atoms with Gasteiger partial charge in [-0.25, -0.2) is 5.43 Å². The first-order valence-electron chi connectivity index (χ1n) is 16.0. The van der Waals surface area contributed by atoms with Crippen LogP contribution in [0.2, 0.25) is 0 Å². The molecule has 0 fully saturated rings. The Morgan fingerprint density at radius 2 is 1.73 bits per heavy atom. The number of hydrogen-bond acceptors (Lipinski definition) is 8. The first kappa shape index (κ1) is 33.9. The minimum Gasteiger partial charge on any atom is -0.496 e. The quantitative estimate of drug-likeness (QED) is 0.161. The number of hydrazone groups is 1. The van der Waals surface area contributed by atoms with Crippen molar-refractivity contribution in [1.82, 2.24) is 10.3 Å². The molecule has 0 aromatic heterocycles. The molecular weight excluding hydrogens is 686 g/mol. The van der Waals surface area contributed by atoms with Crippen LogP contribution in [-0.4, -0.2) is 69.6 Å². The molecule has 0 aliphatic carbocycles. The summed E-state index contributed by atoms with van der Waals surface area (Å²) in [4.78, 5) is 34.9. The van der Waals surface area contributed by atoms with Gasteiger partial charge in [-0.1, -0.05) is 46.3 Å². The Bertz CT molecular complexity index is 1930. The van der Waals surface area contributed by atoms with Crippen molar-refractivity contribution in [2.75, 3.05) is 45.9 Å². The number of anilines is 1. The van der Waals surface area contributed by atoms with E-state index in [9.17, 15) is 9.59 Å². The highest BCUT2D eigenvalue weighted by atomic mass is 79.9. The van der Waals surface area contributed by atoms with E-state index in [0.29, 0.717) is 17.9 Å². The third kappa shape index (κ3) is 7.38. The van der Waals surface area contributed by atoms with Gasteiger partial charge in [0.05, 0.1) is 38.9 Å². The average Bonchev–Trinajstić information content (AvgIpc) is 3.24. The molecule has 2 aliphatic rings. The van der Waals surface area contributed by atoms with E-state index in [2.05, 4.69) is 55.4 Å². The van der Waals surface area contributed by atoms with Gasteiger partial charge in [0.15, 0.2) is 11.5 Å². The zero-order valence-corrected chi connectivity index (χ0v) is 29.5. The van der Waals surface area contributed by atoms with E-state index in [1.807, 2.05) is 66.7 Å². The lowest BCUT2D eigenvalue weighted by molar-refractivity contribution is -0.123. The number of methoxy groups -OCH3 is 3. The zero-order valence-electron chi connectivity index (χ0n) is 27.9. The maximum Gasteiger partial charge on any atom is 0.260 e. The molecule has 2 amide bonds. The standard InChI is InChI=1S/C38H38BrN5O5/c1-24-30-19-35(49-4)34(48-3)17-27(30)14-15-43(24)22-28-16-25(10-13-33(28)47-2)20-41-42-36(45)23-44-32-12-11-29(39)18-31(32)38(40-21-37(44)46)26-8-6-5-7-9-26/h5-13,16-20,24H,14-15,21-23H2,1-4H3,(H,42,45)/b41-20-/t24-/m1/s1. The molecule has 0 saturated heterocycles.